The number of benzene rings is 1. The van der Waals surface area contributed by atoms with Crippen LogP contribution in [-0.2, 0) is 16.0 Å². The van der Waals surface area contributed by atoms with Gasteiger partial charge in [0.15, 0.2) is 0 Å². The SMILES string of the molecule is CCCSCC(=O)NC(Cc1c[nH]c2cccc(Br)c12)C(=O)O. The summed E-state index contributed by atoms with van der Waals surface area (Å²) in [6.45, 7) is 2.04. The molecule has 124 valence electrons. The van der Waals surface area contributed by atoms with Crippen LogP contribution in [0.3, 0.4) is 0 Å². The molecule has 7 heteroatoms. The minimum absolute atomic E-state index is 0.238. The van der Waals surface area contributed by atoms with E-state index in [1.165, 1.54) is 11.8 Å². The Hall–Kier alpha value is -1.47. The first-order chi connectivity index (χ1) is 11.0. The molecular weight excluding hydrogens is 380 g/mol. The van der Waals surface area contributed by atoms with E-state index in [0.717, 1.165) is 33.1 Å². The van der Waals surface area contributed by atoms with Crippen molar-refractivity contribution in [3.63, 3.8) is 0 Å². The smallest absolute Gasteiger partial charge is 0.326 e. The number of carbonyl (C=O) groups is 2. The van der Waals surface area contributed by atoms with Gasteiger partial charge in [0.1, 0.15) is 6.04 Å². The predicted molar refractivity (Wildman–Crippen MR) is 96.9 cm³/mol. The van der Waals surface area contributed by atoms with Crippen molar-refractivity contribution in [1.29, 1.82) is 0 Å². The van der Waals surface area contributed by atoms with E-state index in [-0.39, 0.29) is 18.1 Å². The molecule has 0 bridgehead atoms. The molecule has 23 heavy (non-hydrogen) atoms. The van der Waals surface area contributed by atoms with E-state index in [4.69, 9.17) is 0 Å². The quantitative estimate of drug-likeness (QED) is 0.596. The lowest BCUT2D eigenvalue weighted by atomic mass is 10.1. The molecule has 2 aromatic rings. The van der Waals surface area contributed by atoms with Gasteiger partial charge < -0.3 is 15.4 Å². The summed E-state index contributed by atoms with van der Waals surface area (Å²) in [5.41, 5.74) is 1.80. The van der Waals surface area contributed by atoms with Crippen LogP contribution in [0.2, 0.25) is 0 Å². The zero-order valence-corrected chi connectivity index (χ0v) is 15.2. The second kappa shape index (κ2) is 8.40. The zero-order chi connectivity index (χ0) is 16.8. The Morgan fingerprint density at radius 2 is 2.22 bits per heavy atom. The summed E-state index contributed by atoms with van der Waals surface area (Å²) < 4.78 is 0.903. The molecule has 0 aliphatic carbocycles. The number of aromatic nitrogens is 1. The largest absolute Gasteiger partial charge is 0.480 e. The first-order valence-corrected chi connectivity index (χ1v) is 9.32. The van der Waals surface area contributed by atoms with Gasteiger partial charge in [-0.1, -0.05) is 28.9 Å². The Bertz CT molecular complexity index is 702. The van der Waals surface area contributed by atoms with Gasteiger partial charge in [-0.05, 0) is 29.9 Å². The zero-order valence-electron chi connectivity index (χ0n) is 12.8. The molecule has 1 amide bonds. The third kappa shape index (κ3) is 4.75. The number of rotatable bonds is 8. The summed E-state index contributed by atoms with van der Waals surface area (Å²) in [4.78, 5) is 26.5. The molecule has 1 atom stereocenters. The Balaban J connectivity index is 2.09. The number of hydrogen-bond acceptors (Lipinski definition) is 3. The summed E-state index contributed by atoms with van der Waals surface area (Å²) in [6, 6.07) is 4.82. The molecule has 3 N–H and O–H groups in total. The van der Waals surface area contributed by atoms with Gasteiger partial charge in [-0.3, -0.25) is 4.79 Å². The molecule has 0 fully saturated rings. The molecule has 0 aliphatic heterocycles. The standard InChI is InChI=1S/C16H19BrN2O3S/c1-2-6-23-9-14(20)19-13(16(21)22)7-10-8-18-12-5-3-4-11(17)15(10)12/h3-5,8,13,18H,2,6-7,9H2,1H3,(H,19,20)(H,21,22). The molecule has 0 saturated heterocycles. The second-order valence-electron chi connectivity index (χ2n) is 5.19. The lowest BCUT2D eigenvalue weighted by molar-refractivity contribution is -0.141. The minimum Gasteiger partial charge on any atom is -0.480 e. The van der Waals surface area contributed by atoms with Gasteiger partial charge in [0.2, 0.25) is 5.91 Å². The topological polar surface area (TPSA) is 82.2 Å². The molecule has 1 unspecified atom stereocenters. The van der Waals surface area contributed by atoms with Crippen LogP contribution >= 0.6 is 27.7 Å². The maximum atomic E-state index is 11.9. The van der Waals surface area contributed by atoms with Gasteiger partial charge >= 0.3 is 5.97 Å². The van der Waals surface area contributed by atoms with Crippen LogP contribution < -0.4 is 5.32 Å². The van der Waals surface area contributed by atoms with E-state index in [9.17, 15) is 14.7 Å². The van der Waals surface area contributed by atoms with Crippen LogP contribution in [0.1, 0.15) is 18.9 Å². The number of aromatic amines is 1. The minimum atomic E-state index is -1.03. The molecule has 5 nitrogen and oxygen atoms in total. The fraction of sp³-hybridized carbons (Fsp3) is 0.375. The molecule has 0 radical (unpaired) electrons. The summed E-state index contributed by atoms with van der Waals surface area (Å²) >= 11 is 5.00. The number of fused-ring (bicyclic) bond motifs is 1. The fourth-order valence-corrected chi connectivity index (χ4v) is 3.66. The molecule has 1 aromatic carbocycles. The predicted octanol–water partition coefficient (Wildman–Crippen LogP) is 3.19. The van der Waals surface area contributed by atoms with Crippen molar-refractivity contribution in [3.05, 3.63) is 34.4 Å². The van der Waals surface area contributed by atoms with E-state index in [0.29, 0.717) is 0 Å². The lowest BCUT2D eigenvalue weighted by Gasteiger charge is -2.14. The summed E-state index contributed by atoms with van der Waals surface area (Å²) in [7, 11) is 0. The number of aliphatic carboxylic acids is 1. The Morgan fingerprint density at radius 1 is 1.43 bits per heavy atom. The van der Waals surface area contributed by atoms with Gasteiger partial charge in [0.05, 0.1) is 5.75 Å². The van der Waals surface area contributed by atoms with E-state index in [1.54, 1.807) is 6.20 Å². The van der Waals surface area contributed by atoms with Gasteiger partial charge in [0, 0.05) is 28.0 Å². The van der Waals surface area contributed by atoms with Crippen LogP contribution in [0.4, 0.5) is 0 Å². The van der Waals surface area contributed by atoms with Gasteiger partial charge in [-0.15, -0.1) is 0 Å². The van der Waals surface area contributed by atoms with Crippen LogP contribution in [0, 0.1) is 0 Å². The Labute approximate surface area is 147 Å². The summed E-state index contributed by atoms with van der Waals surface area (Å²) in [5, 5.41) is 13.0. The first-order valence-electron chi connectivity index (χ1n) is 7.37. The number of amides is 1. The maximum Gasteiger partial charge on any atom is 0.326 e. The number of nitrogens with one attached hydrogen (secondary N) is 2. The highest BCUT2D eigenvalue weighted by Crippen LogP contribution is 2.27. The van der Waals surface area contributed by atoms with Gasteiger partial charge in [0.25, 0.3) is 0 Å². The molecule has 0 aliphatic rings. The summed E-state index contributed by atoms with van der Waals surface area (Å²) in [6.07, 6.45) is 3.02. The fourth-order valence-electron chi connectivity index (χ4n) is 2.33. The third-order valence-electron chi connectivity index (χ3n) is 3.38. The molecular formula is C16H19BrN2O3S. The number of carboxylic acids is 1. The Morgan fingerprint density at radius 3 is 2.91 bits per heavy atom. The summed E-state index contributed by atoms with van der Waals surface area (Å²) in [5.74, 6) is -0.0922. The second-order valence-corrected chi connectivity index (χ2v) is 7.15. The highest BCUT2D eigenvalue weighted by molar-refractivity contribution is 9.10. The number of halogens is 1. The molecule has 1 aromatic heterocycles. The number of H-pyrrole nitrogens is 1. The Kier molecular flexibility index (Phi) is 6.53. The molecule has 0 saturated carbocycles. The van der Waals surface area contributed by atoms with E-state index in [2.05, 4.69) is 26.2 Å². The van der Waals surface area contributed by atoms with Gasteiger partial charge in [-0.25, -0.2) is 4.79 Å². The first kappa shape index (κ1) is 17.9. The number of thioether (sulfide) groups is 1. The monoisotopic (exact) mass is 398 g/mol. The highest BCUT2D eigenvalue weighted by Gasteiger charge is 2.22. The van der Waals surface area contributed by atoms with Crippen LogP contribution in [0.25, 0.3) is 10.9 Å². The van der Waals surface area contributed by atoms with E-state index >= 15 is 0 Å². The number of carbonyl (C=O) groups excluding carboxylic acids is 1. The normalized spacial score (nSPS) is 12.3. The van der Waals surface area contributed by atoms with Crippen molar-refractivity contribution in [3.8, 4) is 0 Å². The van der Waals surface area contributed by atoms with Crippen molar-refractivity contribution >= 4 is 50.5 Å². The van der Waals surface area contributed by atoms with Crippen molar-refractivity contribution in [2.75, 3.05) is 11.5 Å². The van der Waals surface area contributed by atoms with Crippen LogP contribution in [0.15, 0.2) is 28.9 Å². The molecule has 1 heterocycles. The number of hydrogen-bond donors (Lipinski definition) is 3. The average molecular weight is 399 g/mol. The van der Waals surface area contributed by atoms with Crippen LogP contribution in [0.5, 0.6) is 0 Å². The molecule has 0 spiro atoms. The van der Waals surface area contributed by atoms with E-state index < -0.39 is 12.0 Å². The number of carboxylic acid groups (broad SMARTS) is 1. The average Bonchev–Trinajstić information content (AvgIpc) is 2.91. The molecule has 2 rings (SSSR count). The van der Waals surface area contributed by atoms with E-state index in [1.807, 2.05) is 25.1 Å². The van der Waals surface area contributed by atoms with Crippen molar-refractivity contribution in [1.82, 2.24) is 10.3 Å². The highest BCUT2D eigenvalue weighted by atomic mass is 79.9. The van der Waals surface area contributed by atoms with Crippen LogP contribution in [-0.4, -0.2) is 39.5 Å². The van der Waals surface area contributed by atoms with Crippen molar-refractivity contribution < 1.29 is 14.7 Å². The van der Waals surface area contributed by atoms with Crippen molar-refractivity contribution in [2.24, 2.45) is 0 Å². The van der Waals surface area contributed by atoms with Crippen molar-refractivity contribution in [2.45, 2.75) is 25.8 Å². The maximum absolute atomic E-state index is 11.9. The lowest BCUT2D eigenvalue weighted by Crippen LogP contribution is -2.43. The van der Waals surface area contributed by atoms with Gasteiger partial charge in [-0.2, -0.15) is 11.8 Å². The third-order valence-corrected chi connectivity index (χ3v) is 5.20.